The zero-order valence-electron chi connectivity index (χ0n) is 13.6. The highest BCUT2D eigenvalue weighted by atomic mass is 16.5. The van der Waals surface area contributed by atoms with E-state index in [1.54, 1.807) is 0 Å². The van der Waals surface area contributed by atoms with Gasteiger partial charge in [-0.2, -0.15) is 0 Å². The predicted octanol–water partition coefficient (Wildman–Crippen LogP) is 3.12. The van der Waals surface area contributed by atoms with E-state index in [4.69, 9.17) is 4.74 Å². The monoisotopic (exact) mass is 290 g/mol. The van der Waals surface area contributed by atoms with E-state index in [-0.39, 0.29) is 0 Å². The van der Waals surface area contributed by atoms with Gasteiger partial charge in [-0.1, -0.05) is 32.0 Å². The van der Waals surface area contributed by atoms with Crippen LogP contribution in [0.2, 0.25) is 0 Å². The van der Waals surface area contributed by atoms with Gasteiger partial charge in [-0.05, 0) is 57.1 Å². The number of hydrogen-bond donors (Lipinski definition) is 0. The molecule has 0 radical (unpaired) electrons. The van der Waals surface area contributed by atoms with Gasteiger partial charge in [-0.25, -0.2) is 0 Å². The highest BCUT2D eigenvalue weighted by Crippen LogP contribution is 2.18. The van der Waals surface area contributed by atoms with Gasteiger partial charge >= 0.3 is 0 Å². The summed E-state index contributed by atoms with van der Waals surface area (Å²) >= 11 is 0. The molecule has 0 aliphatic carbocycles. The molecular formula is C18H30N2O. The fourth-order valence-corrected chi connectivity index (χ4v) is 3.05. The van der Waals surface area contributed by atoms with Gasteiger partial charge < -0.3 is 9.64 Å². The molecule has 1 aliphatic heterocycles. The Balaban J connectivity index is 1.61. The molecule has 1 heterocycles. The Kier molecular flexibility index (Phi) is 7.04. The van der Waals surface area contributed by atoms with Crippen LogP contribution in [0.5, 0.6) is 5.75 Å². The Hall–Kier alpha value is -1.06. The first-order valence-electron chi connectivity index (χ1n) is 8.44. The fraction of sp³-hybridized carbons (Fsp3) is 0.667. The van der Waals surface area contributed by atoms with E-state index in [9.17, 15) is 0 Å². The maximum atomic E-state index is 5.79. The van der Waals surface area contributed by atoms with Gasteiger partial charge in [-0.3, -0.25) is 4.90 Å². The summed E-state index contributed by atoms with van der Waals surface area (Å²) in [6.07, 6.45) is 2.67. The Bertz CT molecular complexity index is 370. The first kappa shape index (κ1) is 16.3. The third-order valence-electron chi connectivity index (χ3n) is 4.54. The number of nitrogens with zero attached hydrogens (tertiary/aromatic N) is 2. The molecule has 0 spiro atoms. The highest BCUT2D eigenvalue weighted by molar-refractivity contribution is 5.20. The lowest BCUT2D eigenvalue weighted by Gasteiger charge is -2.34. The van der Waals surface area contributed by atoms with E-state index in [0.717, 1.165) is 24.8 Å². The number of benzene rings is 1. The molecule has 118 valence electrons. The summed E-state index contributed by atoms with van der Waals surface area (Å²) in [4.78, 5) is 5.10. The zero-order valence-corrected chi connectivity index (χ0v) is 13.6. The SMILES string of the molecule is CCN(CC)CC1CCN(CCOc2ccccc2)CC1. The lowest BCUT2D eigenvalue weighted by atomic mass is 9.96. The summed E-state index contributed by atoms with van der Waals surface area (Å²) in [5, 5.41) is 0. The molecule has 1 aromatic rings. The van der Waals surface area contributed by atoms with Crippen LogP contribution in [0.4, 0.5) is 0 Å². The number of ether oxygens (including phenoxy) is 1. The van der Waals surface area contributed by atoms with Crippen molar-refractivity contribution in [3.8, 4) is 5.75 Å². The third-order valence-corrected chi connectivity index (χ3v) is 4.54. The Morgan fingerprint density at radius 1 is 1.10 bits per heavy atom. The van der Waals surface area contributed by atoms with Crippen LogP contribution in [0.25, 0.3) is 0 Å². The molecule has 1 saturated heterocycles. The first-order chi connectivity index (χ1) is 10.3. The van der Waals surface area contributed by atoms with Crippen molar-refractivity contribution in [3.63, 3.8) is 0 Å². The van der Waals surface area contributed by atoms with Gasteiger partial charge in [0.05, 0.1) is 0 Å². The Morgan fingerprint density at radius 3 is 2.38 bits per heavy atom. The van der Waals surface area contributed by atoms with E-state index in [0.29, 0.717) is 0 Å². The smallest absolute Gasteiger partial charge is 0.119 e. The standard InChI is InChI=1S/C18H30N2O/c1-3-19(4-2)16-17-10-12-20(13-11-17)14-15-21-18-8-6-5-7-9-18/h5-9,17H,3-4,10-16H2,1-2H3. The summed E-state index contributed by atoms with van der Waals surface area (Å²) in [5.41, 5.74) is 0. The van der Waals surface area contributed by atoms with Gasteiger partial charge in [0.2, 0.25) is 0 Å². The number of piperidine rings is 1. The lowest BCUT2D eigenvalue weighted by molar-refractivity contribution is 0.132. The van der Waals surface area contributed by atoms with Crippen molar-refractivity contribution >= 4 is 0 Å². The van der Waals surface area contributed by atoms with Crippen LogP contribution in [0.15, 0.2) is 30.3 Å². The molecule has 0 bridgehead atoms. The van der Waals surface area contributed by atoms with Crippen LogP contribution >= 0.6 is 0 Å². The fourth-order valence-electron chi connectivity index (χ4n) is 3.05. The average molecular weight is 290 g/mol. The molecule has 1 fully saturated rings. The molecule has 0 amide bonds. The second-order valence-electron chi connectivity index (χ2n) is 5.93. The van der Waals surface area contributed by atoms with Crippen molar-refractivity contribution in [1.29, 1.82) is 0 Å². The average Bonchev–Trinajstić information content (AvgIpc) is 2.55. The van der Waals surface area contributed by atoms with Crippen molar-refractivity contribution in [1.82, 2.24) is 9.80 Å². The molecular weight excluding hydrogens is 260 g/mol. The van der Waals surface area contributed by atoms with Crippen LogP contribution < -0.4 is 4.74 Å². The van der Waals surface area contributed by atoms with Crippen molar-refractivity contribution in [3.05, 3.63) is 30.3 Å². The number of rotatable bonds is 8. The highest BCUT2D eigenvalue weighted by Gasteiger charge is 2.20. The molecule has 3 nitrogen and oxygen atoms in total. The second-order valence-corrected chi connectivity index (χ2v) is 5.93. The quantitative estimate of drug-likeness (QED) is 0.731. The minimum absolute atomic E-state index is 0.796. The van der Waals surface area contributed by atoms with Crippen molar-refractivity contribution in [2.24, 2.45) is 5.92 Å². The summed E-state index contributed by atoms with van der Waals surface area (Å²) in [6.45, 7) is 12.5. The molecule has 0 atom stereocenters. The third kappa shape index (κ3) is 5.68. The number of likely N-dealkylation sites (tertiary alicyclic amines) is 1. The molecule has 0 unspecified atom stereocenters. The molecule has 0 N–H and O–H groups in total. The van der Waals surface area contributed by atoms with Crippen molar-refractivity contribution < 1.29 is 4.74 Å². The number of hydrogen-bond acceptors (Lipinski definition) is 3. The Morgan fingerprint density at radius 2 is 1.76 bits per heavy atom. The van der Waals surface area contributed by atoms with Crippen molar-refractivity contribution in [2.45, 2.75) is 26.7 Å². The van der Waals surface area contributed by atoms with Crippen LogP contribution in [-0.4, -0.2) is 55.7 Å². The minimum Gasteiger partial charge on any atom is -0.492 e. The predicted molar refractivity (Wildman–Crippen MR) is 88.9 cm³/mol. The zero-order chi connectivity index (χ0) is 14.9. The van der Waals surface area contributed by atoms with E-state index in [2.05, 4.69) is 23.6 Å². The summed E-state index contributed by atoms with van der Waals surface area (Å²) < 4.78 is 5.79. The molecule has 21 heavy (non-hydrogen) atoms. The van der Waals surface area contributed by atoms with Gasteiger partial charge in [0.15, 0.2) is 0 Å². The maximum absolute atomic E-state index is 5.79. The topological polar surface area (TPSA) is 15.7 Å². The van der Waals surface area contributed by atoms with Gasteiger partial charge in [0.25, 0.3) is 0 Å². The molecule has 0 aromatic heterocycles. The maximum Gasteiger partial charge on any atom is 0.119 e. The van der Waals surface area contributed by atoms with Gasteiger partial charge in [0, 0.05) is 13.1 Å². The lowest BCUT2D eigenvalue weighted by Crippen LogP contribution is -2.40. The second kappa shape index (κ2) is 9.06. The van der Waals surface area contributed by atoms with Crippen LogP contribution in [0.1, 0.15) is 26.7 Å². The molecule has 1 aromatic carbocycles. The van der Waals surface area contributed by atoms with Crippen molar-refractivity contribution in [2.75, 3.05) is 45.9 Å². The molecule has 3 heteroatoms. The van der Waals surface area contributed by atoms with Crippen LogP contribution in [-0.2, 0) is 0 Å². The van der Waals surface area contributed by atoms with E-state index >= 15 is 0 Å². The summed E-state index contributed by atoms with van der Waals surface area (Å²) in [6, 6.07) is 10.1. The minimum atomic E-state index is 0.796. The number of para-hydroxylation sites is 1. The summed E-state index contributed by atoms with van der Waals surface area (Å²) in [5.74, 6) is 1.87. The largest absolute Gasteiger partial charge is 0.492 e. The van der Waals surface area contributed by atoms with Crippen LogP contribution in [0.3, 0.4) is 0 Å². The van der Waals surface area contributed by atoms with E-state index in [1.807, 2.05) is 30.3 Å². The molecule has 0 saturated carbocycles. The van der Waals surface area contributed by atoms with Gasteiger partial charge in [0.1, 0.15) is 12.4 Å². The first-order valence-corrected chi connectivity index (χ1v) is 8.44. The molecule has 1 aliphatic rings. The normalized spacial score (nSPS) is 17.3. The summed E-state index contributed by atoms with van der Waals surface area (Å²) in [7, 11) is 0. The van der Waals surface area contributed by atoms with Crippen LogP contribution in [0, 0.1) is 5.92 Å². The van der Waals surface area contributed by atoms with E-state index in [1.165, 1.54) is 45.6 Å². The van der Waals surface area contributed by atoms with Gasteiger partial charge in [-0.15, -0.1) is 0 Å². The van der Waals surface area contributed by atoms with E-state index < -0.39 is 0 Å². The Labute approximate surface area is 129 Å². The molecule has 2 rings (SSSR count).